The maximum Gasteiger partial charge on any atom is 0.264 e. The first-order valence-corrected chi connectivity index (χ1v) is 16.9. The highest BCUT2D eigenvalue weighted by Crippen LogP contribution is 2.27. The van der Waals surface area contributed by atoms with Crippen LogP contribution in [0.15, 0.2) is 112 Å². The predicted octanol–water partition coefficient (Wildman–Crippen LogP) is 6.13. The molecule has 0 aliphatic carbocycles. The zero-order valence-corrected chi connectivity index (χ0v) is 28.1. The number of ether oxygens (including phenoxy) is 1. The van der Waals surface area contributed by atoms with Crippen LogP contribution in [-0.2, 0) is 32.6 Å². The van der Waals surface area contributed by atoms with Gasteiger partial charge < -0.3 is 15.0 Å². The van der Waals surface area contributed by atoms with Gasteiger partial charge in [0.05, 0.1) is 17.7 Å². The molecule has 4 rings (SSSR count). The quantitative estimate of drug-likeness (QED) is 0.172. The Hall–Kier alpha value is -4.15. The number of sulfonamides is 1. The first kappa shape index (κ1) is 33.7. The average molecular weight is 693 g/mol. The van der Waals surface area contributed by atoms with Crippen LogP contribution >= 0.6 is 15.9 Å². The number of carbonyl (C=O) groups is 2. The molecule has 0 radical (unpaired) electrons. The van der Waals surface area contributed by atoms with Crippen LogP contribution in [-0.4, -0.2) is 51.4 Å². The predicted molar refractivity (Wildman–Crippen MR) is 181 cm³/mol. The Morgan fingerprint density at radius 3 is 2.18 bits per heavy atom. The number of benzene rings is 4. The molecule has 236 valence electrons. The highest BCUT2D eigenvalue weighted by atomic mass is 79.9. The van der Waals surface area contributed by atoms with Gasteiger partial charge in [0.15, 0.2) is 0 Å². The number of anilines is 1. The maximum atomic E-state index is 14.5. The van der Waals surface area contributed by atoms with E-state index in [1.807, 2.05) is 68.4 Å². The van der Waals surface area contributed by atoms with Crippen LogP contribution in [0.25, 0.3) is 0 Å². The minimum atomic E-state index is -4.20. The van der Waals surface area contributed by atoms with Crippen LogP contribution < -0.4 is 14.4 Å². The van der Waals surface area contributed by atoms with Crippen molar-refractivity contribution in [2.75, 3.05) is 24.5 Å². The van der Waals surface area contributed by atoms with E-state index in [9.17, 15) is 18.0 Å². The van der Waals surface area contributed by atoms with E-state index in [1.165, 1.54) is 24.1 Å². The van der Waals surface area contributed by atoms with Crippen molar-refractivity contribution in [2.45, 2.75) is 44.2 Å². The SMILES string of the molecule is CCCNC(=O)[C@@H](Cc1ccccc1)N(Cc1cccc(Br)c1)C(=O)CN(c1ccc(C)cc1)S(=O)(=O)c1ccc(OC)cc1. The summed E-state index contributed by atoms with van der Waals surface area (Å²) in [5.41, 5.74) is 2.95. The molecule has 0 spiro atoms. The molecule has 0 fully saturated rings. The van der Waals surface area contributed by atoms with Crippen molar-refractivity contribution in [3.05, 3.63) is 124 Å². The molecule has 1 N–H and O–H groups in total. The molecule has 0 aromatic heterocycles. The molecular weight excluding hydrogens is 654 g/mol. The molecule has 45 heavy (non-hydrogen) atoms. The lowest BCUT2D eigenvalue weighted by Gasteiger charge is -2.34. The van der Waals surface area contributed by atoms with Crippen LogP contribution in [0.4, 0.5) is 5.69 Å². The second kappa shape index (κ2) is 15.7. The van der Waals surface area contributed by atoms with Gasteiger partial charge in [-0.15, -0.1) is 0 Å². The van der Waals surface area contributed by atoms with Crippen LogP contribution in [0.1, 0.15) is 30.0 Å². The fourth-order valence-corrected chi connectivity index (χ4v) is 6.73. The molecule has 4 aromatic carbocycles. The molecule has 0 aliphatic heterocycles. The lowest BCUT2D eigenvalue weighted by Crippen LogP contribution is -2.53. The van der Waals surface area contributed by atoms with E-state index < -0.39 is 28.5 Å². The molecule has 0 unspecified atom stereocenters. The van der Waals surface area contributed by atoms with Gasteiger partial charge >= 0.3 is 0 Å². The van der Waals surface area contributed by atoms with Gasteiger partial charge in [-0.3, -0.25) is 13.9 Å². The van der Waals surface area contributed by atoms with E-state index in [0.29, 0.717) is 18.0 Å². The van der Waals surface area contributed by atoms with Crippen molar-refractivity contribution in [1.29, 1.82) is 0 Å². The Kier molecular flexibility index (Phi) is 11.8. The third kappa shape index (κ3) is 8.95. The van der Waals surface area contributed by atoms with Gasteiger partial charge in [0.2, 0.25) is 11.8 Å². The zero-order valence-electron chi connectivity index (χ0n) is 25.6. The molecule has 0 aliphatic rings. The maximum absolute atomic E-state index is 14.5. The van der Waals surface area contributed by atoms with Gasteiger partial charge in [0.25, 0.3) is 10.0 Å². The summed E-state index contributed by atoms with van der Waals surface area (Å²) >= 11 is 3.50. The van der Waals surface area contributed by atoms with Crippen molar-refractivity contribution in [3.8, 4) is 5.75 Å². The third-order valence-electron chi connectivity index (χ3n) is 7.31. The molecule has 2 amide bonds. The van der Waals surface area contributed by atoms with Crippen molar-refractivity contribution in [2.24, 2.45) is 0 Å². The van der Waals surface area contributed by atoms with Crippen LogP contribution in [0.3, 0.4) is 0 Å². The van der Waals surface area contributed by atoms with Crippen molar-refractivity contribution >= 4 is 43.5 Å². The Morgan fingerprint density at radius 1 is 0.889 bits per heavy atom. The van der Waals surface area contributed by atoms with Gasteiger partial charge in [-0.05, 0) is 73.0 Å². The van der Waals surface area contributed by atoms with Crippen molar-refractivity contribution in [3.63, 3.8) is 0 Å². The number of hydrogen-bond donors (Lipinski definition) is 1. The van der Waals surface area contributed by atoms with E-state index in [2.05, 4.69) is 21.2 Å². The molecule has 8 nitrogen and oxygen atoms in total. The van der Waals surface area contributed by atoms with E-state index in [4.69, 9.17) is 4.74 Å². The molecule has 0 saturated heterocycles. The van der Waals surface area contributed by atoms with Gasteiger partial charge in [0.1, 0.15) is 18.3 Å². The summed E-state index contributed by atoms with van der Waals surface area (Å²) in [5, 5.41) is 2.96. The summed E-state index contributed by atoms with van der Waals surface area (Å²) in [6.45, 7) is 3.89. The summed E-state index contributed by atoms with van der Waals surface area (Å²) < 4.78 is 35.4. The molecular formula is C35H38BrN3O5S. The molecule has 10 heteroatoms. The first-order chi connectivity index (χ1) is 21.6. The number of aryl methyl sites for hydroxylation is 1. The Labute approximate surface area is 274 Å². The van der Waals surface area contributed by atoms with Crippen LogP contribution in [0.5, 0.6) is 5.75 Å². The fourth-order valence-electron chi connectivity index (χ4n) is 4.87. The molecule has 1 atom stereocenters. The first-order valence-electron chi connectivity index (χ1n) is 14.7. The van der Waals surface area contributed by atoms with E-state index in [0.717, 1.165) is 31.9 Å². The van der Waals surface area contributed by atoms with Crippen molar-refractivity contribution < 1.29 is 22.7 Å². The van der Waals surface area contributed by atoms with Gasteiger partial charge in [-0.2, -0.15) is 0 Å². The molecule has 0 heterocycles. The van der Waals surface area contributed by atoms with E-state index >= 15 is 0 Å². The monoisotopic (exact) mass is 691 g/mol. The molecule has 0 saturated carbocycles. The number of rotatable bonds is 14. The minimum absolute atomic E-state index is 0.0109. The highest BCUT2D eigenvalue weighted by Gasteiger charge is 2.34. The molecule has 4 aromatic rings. The van der Waals surface area contributed by atoms with Gasteiger partial charge in [0, 0.05) is 24.0 Å². The summed E-state index contributed by atoms with van der Waals surface area (Å²) in [5.74, 6) is -0.307. The lowest BCUT2D eigenvalue weighted by molar-refractivity contribution is -0.140. The number of nitrogens with zero attached hydrogens (tertiary/aromatic N) is 2. The second-order valence-electron chi connectivity index (χ2n) is 10.7. The summed E-state index contributed by atoms with van der Waals surface area (Å²) in [6.07, 6.45) is 0.983. The standard InChI is InChI=1S/C35H38BrN3O5S/c1-4-21-37-35(41)33(23-27-9-6-5-7-10-27)38(24-28-11-8-12-29(36)22-28)34(40)25-39(30-15-13-26(2)14-16-30)45(42,43)32-19-17-31(44-3)18-20-32/h5-20,22,33H,4,21,23-25H2,1-3H3,(H,37,41)/t33-/m1/s1. The average Bonchev–Trinajstić information content (AvgIpc) is 3.05. The second-order valence-corrected chi connectivity index (χ2v) is 13.4. The smallest absolute Gasteiger partial charge is 0.264 e. The fraction of sp³-hybridized carbons (Fsp3) is 0.257. The van der Waals surface area contributed by atoms with Gasteiger partial charge in [-0.25, -0.2) is 8.42 Å². The number of halogens is 1. The molecule has 0 bridgehead atoms. The Bertz CT molecular complexity index is 1680. The van der Waals surface area contributed by atoms with Crippen molar-refractivity contribution in [1.82, 2.24) is 10.2 Å². The van der Waals surface area contributed by atoms with Crippen LogP contribution in [0, 0.1) is 6.92 Å². The number of methoxy groups -OCH3 is 1. The van der Waals surface area contributed by atoms with Crippen LogP contribution in [0.2, 0.25) is 0 Å². The van der Waals surface area contributed by atoms with E-state index in [-0.39, 0.29) is 23.8 Å². The number of amides is 2. The van der Waals surface area contributed by atoms with E-state index in [1.54, 1.807) is 36.4 Å². The minimum Gasteiger partial charge on any atom is -0.497 e. The summed E-state index contributed by atoms with van der Waals surface area (Å²) in [4.78, 5) is 29.7. The third-order valence-corrected chi connectivity index (χ3v) is 9.59. The highest BCUT2D eigenvalue weighted by molar-refractivity contribution is 9.10. The number of hydrogen-bond acceptors (Lipinski definition) is 5. The lowest BCUT2D eigenvalue weighted by atomic mass is 10.0. The Morgan fingerprint density at radius 2 is 1.56 bits per heavy atom. The topological polar surface area (TPSA) is 96.0 Å². The normalized spacial score (nSPS) is 11.8. The number of nitrogens with one attached hydrogen (secondary N) is 1. The Balaban J connectivity index is 1.79. The zero-order chi connectivity index (χ0) is 32.4. The summed E-state index contributed by atoms with van der Waals surface area (Å²) in [7, 11) is -2.69. The largest absolute Gasteiger partial charge is 0.497 e. The number of carbonyl (C=O) groups excluding carboxylic acids is 2. The summed E-state index contributed by atoms with van der Waals surface area (Å²) in [6, 6.07) is 29.1. The van der Waals surface area contributed by atoms with Gasteiger partial charge in [-0.1, -0.05) is 83.0 Å².